The van der Waals surface area contributed by atoms with Crippen LogP contribution in [0.25, 0.3) is 0 Å². The molecule has 3 aliphatic rings. The number of nitrogens with zero attached hydrogens (tertiary/aromatic N) is 6. The molecule has 0 amide bonds. The Morgan fingerprint density at radius 2 is 1.59 bits per heavy atom. The van der Waals surface area contributed by atoms with E-state index in [9.17, 15) is 38.7 Å². The van der Waals surface area contributed by atoms with Crippen molar-refractivity contribution < 1.29 is 62.4 Å². The molecule has 0 aliphatic carbocycles. The number of aromatic nitrogens is 3. The molecule has 18 atom stereocenters. The van der Waals surface area contributed by atoms with E-state index < -0.39 is 112 Å². The summed E-state index contributed by atoms with van der Waals surface area (Å²) in [6, 6.07) is 5.66. The third-order valence-electron chi connectivity index (χ3n) is 15.8. The van der Waals surface area contributed by atoms with E-state index in [4.69, 9.17) is 23.7 Å². The number of rotatable bonds is 13. The highest BCUT2D eigenvalue weighted by atomic mass is 32.2. The summed E-state index contributed by atoms with van der Waals surface area (Å²) in [5, 5.41) is 68.7. The lowest BCUT2D eigenvalue weighted by Crippen LogP contribution is -2.62. The molecule has 1 aromatic carbocycles. The fourth-order valence-corrected chi connectivity index (χ4v) is 12.3. The highest BCUT2D eigenvalue weighted by Gasteiger charge is 2.55. The predicted molar refractivity (Wildman–Crippen MR) is 262 cm³/mol. The van der Waals surface area contributed by atoms with Crippen LogP contribution >= 0.6 is 0 Å². The molecule has 2 aromatic rings. The van der Waals surface area contributed by atoms with Gasteiger partial charge in [-0.15, -0.1) is 5.10 Å². The largest absolute Gasteiger partial charge is 0.459 e. The van der Waals surface area contributed by atoms with Gasteiger partial charge < -0.3 is 59.0 Å². The summed E-state index contributed by atoms with van der Waals surface area (Å²) >= 11 is 0. The van der Waals surface area contributed by atoms with Gasteiger partial charge in [-0.3, -0.25) is 4.79 Å². The second-order valence-corrected chi connectivity index (χ2v) is 24.0. The average molecular weight is 1010 g/mol. The Bertz CT molecular complexity index is 2110. The van der Waals surface area contributed by atoms with E-state index in [1.807, 2.05) is 50.9 Å². The van der Waals surface area contributed by atoms with Crippen molar-refractivity contribution in [3.05, 3.63) is 41.7 Å². The maximum absolute atomic E-state index is 14.6. The van der Waals surface area contributed by atoms with Crippen LogP contribution < -0.4 is 0 Å². The fraction of sp³-hybridized carbons (Fsp3) is 0.820. The first kappa shape index (κ1) is 58.2. The van der Waals surface area contributed by atoms with E-state index >= 15 is 0 Å². The molecule has 5 rings (SSSR count). The van der Waals surface area contributed by atoms with Crippen molar-refractivity contribution in [2.75, 3.05) is 48.4 Å². The van der Waals surface area contributed by atoms with Crippen LogP contribution in [0, 0.1) is 23.7 Å². The number of hydrogen-bond donors (Lipinski definition) is 5. The standard InChI is InChI=1S/C50H86N6O13S/c1-16-40-50(10,62)43(58)33(6)55(14)26-29(2)24-48(8,61)45(31(4)41(32(5)46(60)68-40)39-25-49(9,65-15)44(59)34(7)67-39)69-47-42(57)38(23-30(3)66-47)54(13)22-21-36-28-56(52-51-36)27-35-17-19-37(20-18-35)70(63,64)53(11)12/h17-20,28-34,38-45,47,57-59,61-62H,16,21-27H2,1-15H3/t29-,30-,31+,32-,33-,34+,38+,39?,40-,41+,42-,43-,44+,45-,47+,48-,49-,50-/m1/s1. The summed E-state index contributed by atoms with van der Waals surface area (Å²) in [5.41, 5.74) is -2.90. The summed E-state index contributed by atoms with van der Waals surface area (Å²) < 4.78 is 60.1. The van der Waals surface area contributed by atoms with Gasteiger partial charge in [0.1, 0.15) is 30.0 Å². The van der Waals surface area contributed by atoms with Gasteiger partial charge in [0.15, 0.2) is 6.29 Å². The Morgan fingerprint density at radius 3 is 2.19 bits per heavy atom. The van der Waals surface area contributed by atoms with Crippen LogP contribution in [0.15, 0.2) is 35.4 Å². The minimum Gasteiger partial charge on any atom is -0.459 e. The number of aliphatic hydroxyl groups excluding tert-OH is 3. The fourth-order valence-electron chi connectivity index (χ4n) is 11.4. The topological polar surface area (TPSA) is 239 Å². The Morgan fingerprint density at radius 1 is 0.943 bits per heavy atom. The number of likely N-dealkylation sites (N-methyl/N-ethyl adjacent to an activating group) is 2. The number of benzene rings is 1. The van der Waals surface area contributed by atoms with Crippen LogP contribution in [0.5, 0.6) is 0 Å². The van der Waals surface area contributed by atoms with Crippen molar-refractivity contribution in [2.24, 2.45) is 23.7 Å². The monoisotopic (exact) mass is 1010 g/mol. The van der Waals surface area contributed by atoms with E-state index in [1.54, 1.807) is 70.5 Å². The molecule has 4 heterocycles. The Balaban J connectivity index is 1.44. The summed E-state index contributed by atoms with van der Waals surface area (Å²) in [6.45, 7) is 19.2. The van der Waals surface area contributed by atoms with Gasteiger partial charge in [-0.2, -0.15) is 0 Å². The zero-order valence-electron chi connectivity index (χ0n) is 44.3. The Kier molecular flexibility index (Phi) is 19.3. The molecule has 3 saturated heterocycles. The van der Waals surface area contributed by atoms with Gasteiger partial charge in [0.2, 0.25) is 10.0 Å². The van der Waals surface area contributed by atoms with Crippen molar-refractivity contribution in [1.82, 2.24) is 29.1 Å². The number of methoxy groups -OCH3 is 1. The first-order valence-corrected chi connectivity index (χ1v) is 26.4. The average Bonchev–Trinajstić information content (AvgIpc) is 3.74. The molecule has 3 aliphatic heterocycles. The summed E-state index contributed by atoms with van der Waals surface area (Å²) in [4.78, 5) is 18.8. The number of carbonyl (C=O) groups is 1. The van der Waals surface area contributed by atoms with Crippen molar-refractivity contribution in [3.8, 4) is 0 Å². The number of hydrogen-bond acceptors (Lipinski definition) is 17. The minimum atomic E-state index is -3.55. The summed E-state index contributed by atoms with van der Waals surface area (Å²) in [6.07, 6.45) is -5.17. The molecular weight excluding hydrogens is 925 g/mol. The summed E-state index contributed by atoms with van der Waals surface area (Å²) in [7, 11) is 4.72. The van der Waals surface area contributed by atoms with E-state index in [0.29, 0.717) is 32.5 Å². The predicted octanol–water partition coefficient (Wildman–Crippen LogP) is 2.68. The van der Waals surface area contributed by atoms with Crippen molar-refractivity contribution >= 4 is 16.0 Å². The molecular formula is C50H86N6O13S. The van der Waals surface area contributed by atoms with E-state index in [2.05, 4.69) is 10.3 Å². The van der Waals surface area contributed by atoms with Gasteiger partial charge >= 0.3 is 5.97 Å². The maximum atomic E-state index is 14.6. The first-order chi connectivity index (χ1) is 32.5. The quantitative estimate of drug-likeness (QED) is 0.181. The first-order valence-electron chi connectivity index (χ1n) is 25.0. The lowest BCUT2D eigenvalue weighted by Gasteiger charge is -2.51. The number of aliphatic hydroxyl groups is 5. The van der Waals surface area contributed by atoms with Gasteiger partial charge in [0.25, 0.3) is 0 Å². The van der Waals surface area contributed by atoms with Crippen LogP contribution in [0.2, 0.25) is 0 Å². The number of sulfonamides is 1. The van der Waals surface area contributed by atoms with Crippen molar-refractivity contribution in [2.45, 2.75) is 197 Å². The highest BCUT2D eigenvalue weighted by Crippen LogP contribution is 2.45. The van der Waals surface area contributed by atoms with Gasteiger partial charge in [-0.25, -0.2) is 17.4 Å². The van der Waals surface area contributed by atoms with Crippen LogP contribution in [0.4, 0.5) is 0 Å². The second kappa shape index (κ2) is 23.2. The molecule has 19 nitrogen and oxygen atoms in total. The van der Waals surface area contributed by atoms with Crippen LogP contribution in [0.1, 0.15) is 106 Å². The number of carbonyl (C=O) groups excluding carboxylic acids is 1. The Hall–Kier alpha value is -2.70. The molecule has 20 heteroatoms. The number of cyclic esters (lactones) is 1. The van der Waals surface area contributed by atoms with E-state index in [1.165, 1.54) is 32.4 Å². The van der Waals surface area contributed by atoms with Gasteiger partial charge in [-0.1, -0.05) is 45.0 Å². The molecule has 0 saturated carbocycles. The zero-order chi connectivity index (χ0) is 52.4. The molecule has 0 radical (unpaired) electrons. The van der Waals surface area contributed by atoms with Gasteiger partial charge in [-0.05, 0) is 104 Å². The lowest BCUT2D eigenvalue weighted by atomic mass is 9.68. The normalized spacial score (nSPS) is 40.2. The molecule has 1 unspecified atom stereocenters. The Labute approximate surface area is 416 Å². The minimum absolute atomic E-state index is 0.180. The molecule has 0 bridgehead atoms. The molecule has 400 valence electrons. The van der Waals surface area contributed by atoms with Crippen molar-refractivity contribution in [1.29, 1.82) is 0 Å². The van der Waals surface area contributed by atoms with Gasteiger partial charge in [0.05, 0.1) is 58.7 Å². The van der Waals surface area contributed by atoms with Crippen LogP contribution in [-0.2, 0) is 51.5 Å². The van der Waals surface area contributed by atoms with E-state index in [0.717, 1.165) is 11.3 Å². The molecule has 3 fully saturated rings. The molecule has 0 spiro atoms. The van der Waals surface area contributed by atoms with Crippen molar-refractivity contribution in [3.63, 3.8) is 0 Å². The van der Waals surface area contributed by atoms with Gasteiger partial charge in [0, 0.05) is 71.3 Å². The number of esters is 1. The smallest absolute Gasteiger partial charge is 0.309 e. The molecule has 1 aromatic heterocycles. The lowest BCUT2D eigenvalue weighted by molar-refractivity contribution is -0.302. The SMILES string of the molecule is CC[C@H]1OC(=O)[C@H](C)[C@@H](C2C[C@@](C)(OC)[C@@H](O)[C@H](C)O2)[C@H](C)[C@@H](O[C@@H]2O[C@H](C)C[C@H](N(C)CCc3cn(Cc4ccc(S(=O)(=O)N(C)C)cc4)nn3)[C@H]2O)[C@](C)(O)C[C@@H](C)CN(C)[C@H](C)[C@@H](O)[C@]1(C)O. The second-order valence-electron chi connectivity index (χ2n) is 21.9. The third kappa shape index (κ3) is 13.0. The summed E-state index contributed by atoms with van der Waals surface area (Å²) in [5.74, 6) is -3.20. The van der Waals surface area contributed by atoms with Crippen LogP contribution in [-0.4, -0.2) is 201 Å². The highest BCUT2D eigenvalue weighted by molar-refractivity contribution is 7.89. The third-order valence-corrected chi connectivity index (χ3v) is 17.6. The molecule has 5 N–H and O–H groups in total. The zero-order valence-corrected chi connectivity index (χ0v) is 45.1. The molecule has 70 heavy (non-hydrogen) atoms. The number of ether oxygens (including phenoxy) is 5. The maximum Gasteiger partial charge on any atom is 0.309 e. The van der Waals surface area contributed by atoms with Crippen LogP contribution in [0.3, 0.4) is 0 Å². The van der Waals surface area contributed by atoms with E-state index in [-0.39, 0.29) is 36.2 Å².